The normalized spacial score (nSPS) is 15.6. The minimum absolute atomic E-state index is 0.0627. The van der Waals surface area contributed by atoms with Crippen LogP contribution < -0.4 is 0 Å². The molecular weight excluding hydrogens is 236 g/mol. The van der Waals surface area contributed by atoms with Gasteiger partial charge in [0.1, 0.15) is 0 Å². The van der Waals surface area contributed by atoms with Gasteiger partial charge in [0, 0.05) is 32.4 Å². The highest BCUT2D eigenvalue weighted by Crippen LogP contribution is 2.08. The van der Waals surface area contributed by atoms with E-state index in [-0.39, 0.29) is 12.0 Å². The Bertz CT molecular complexity index is 410. The summed E-state index contributed by atoms with van der Waals surface area (Å²) in [5, 5.41) is 6.36. The van der Waals surface area contributed by atoms with Gasteiger partial charge in [-0.15, -0.1) is 0 Å². The van der Waals surface area contributed by atoms with Crippen LogP contribution in [0.15, 0.2) is 12.4 Å². The average Bonchev–Trinajstić information content (AvgIpc) is 2.92. The highest BCUT2D eigenvalue weighted by atomic mass is 16.6. The molecule has 1 aromatic rings. The Balaban J connectivity index is 1.87. The van der Waals surface area contributed by atoms with Crippen LogP contribution in [0.25, 0.3) is 0 Å². The molecule has 0 spiro atoms. The van der Waals surface area contributed by atoms with E-state index in [1.807, 2.05) is 0 Å². The highest BCUT2D eigenvalue weighted by Gasteiger charge is 2.25. The minimum Gasteiger partial charge on any atom is -0.450 e. The quantitative estimate of drug-likeness (QED) is 0.822. The maximum Gasteiger partial charge on any atom is 0.409 e. The monoisotopic (exact) mass is 252 g/mol. The molecule has 1 fully saturated rings. The van der Waals surface area contributed by atoms with Gasteiger partial charge in [0.15, 0.2) is 0 Å². The molecule has 0 unspecified atom stereocenters. The Hall–Kier alpha value is -2.05. The van der Waals surface area contributed by atoms with Crippen LogP contribution in [0.4, 0.5) is 4.79 Å². The van der Waals surface area contributed by atoms with Crippen molar-refractivity contribution in [2.75, 3.05) is 32.8 Å². The number of piperazine rings is 1. The fraction of sp³-hybridized carbons (Fsp3) is 0.545. The molecular formula is C11H16N4O3. The van der Waals surface area contributed by atoms with Gasteiger partial charge in [-0.1, -0.05) is 0 Å². The fourth-order valence-corrected chi connectivity index (χ4v) is 1.86. The van der Waals surface area contributed by atoms with E-state index in [9.17, 15) is 9.59 Å². The van der Waals surface area contributed by atoms with Gasteiger partial charge in [-0.25, -0.2) is 4.79 Å². The zero-order valence-corrected chi connectivity index (χ0v) is 10.3. The van der Waals surface area contributed by atoms with Crippen LogP contribution in [0.3, 0.4) is 0 Å². The number of H-pyrrole nitrogens is 1. The summed E-state index contributed by atoms with van der Waals surface area (Å²) < 4.78 is 4.92. The van der Waals surface area contributed by atoms with Crippen molar-refractivity contribution in [3.8, 4) is 0 Å². The van der Waals surface area contributed by atoms with Crippen LogP contribution in [0.5, 0.6) is 0 Å². The Morgan fingerprint density at radius 2 is 2.00 bits per heavy atom. The van der Waals surface area contributed by atoms with E-state index in [0.29, 0.717) is 38.3 Å². The predicted molar refractivity (Wildman–Crippen MR) is 63.1 cm³/mol. The number of aromatic amines is 1. The molecule has 1 aromatic heterocycles. The van der Waals surface area contributed by atoms with Gasteiger partial charge < -0.3 is 14.5 Å². The zero-order valence-electron chi connectivity index (χ0n) is 10.3. The van der Waals surface area contributed by atoms with Crippen LogP contribution in [-0.4, -0.2) is 64.8 Å². The lowest BCUT2D eigenvalue weighted by atomic mass is 10.2. The van der Waals surface area contributed by atoms with Crippen LogP contribution >= 0.6 is 0 Å². The summed E-state index contributed by atoms with van der Waals surface area (Å²) in [7, 11) is 0. The van der Waals surface area contributed by atoms with Crippen molar-refractivity contribution in [3.63, 3.8) is 0 Å². The van der Waals surface area contributed by atoms with E-state index in [1.165, 1.54) is 6.20 Å². The Morgan fingerprint density at radius 1 is 1.33 bits per heavy atom. The summed E-state index contributed by atoms with van der Waals surface area (Å²) >= 11 is 0. The van der Waals surface area contributed by atoms with E-state index >= 15 is 0 Å². The number of aromatic nitrogens is 2. The van der Waals surface area contributed by atoms with Gasteiger partial charge in [-0.05, 0) is 6.92 Å². The minimum atomic E-state index is -0.312. The van der Waals surface area contributed by atoms with Crippen molar-refractivity contribution in [2.24, 2.45) is 0 Å². The standard InChI is InChI=1S/C11H16N4O3/c1-2-18-11(17)15-5-3-14(4-6-15)10(16)9-7-12-13-8-9/h7-8H,2-6H2,1H3,(H,12,13). The second-order valence-electron chi connectivity index (χ2n) is 3.97. The molecule has 1 N–H and O–H groups in total. The Morgan fingerprint density at radius 3 is 2.56 bits per heavy atom. The van der Waals surface area contributed by atoms with E-state index in [1.54, 1.807) is 22.9 Å². The van der Waals surface area contributed by atoms with Crippen molar-refractivity contribution >= 4 is 12.0 Å². The number of carbonyl (C=O) groups is 2. The maximum absolute atomic E-state index is 12.0. The molecule has 7 heteroatoms. The van der Waals surface area contributed by atoms with Crippen molar-refractivity contribution in [2.45, 2.75) is 6.92 Å². The number of rotatable bonds is 2. The number of hydrogen-bond acceptors (Lipinski definition) is 4. The summed E-state index contributed by atoms with van der Waals surface area (Å²) in [4.78, 5) is 26.8. The average molecular weight is 252 g/mol. The smallest absolute Gasteiger partial charge is 0.409 e. The molecule has 0 aliphatic carbocycles. The Kier molecular flexibility index (Phi) is 3.81. The van der Waals surface area contributed by atoms with Crippen LogP contribution in [0.2, 0.25) is 0 Å². The lowest BCUT2D eigenvalue weighted by molar-refractivity contribution is 0.0570. The molecule has 98 valence electrons. The van der Waals surface area contributed by atoms with E-state index in [4.69, 9.17) is 4.74 Å². The van der Waals surface area contributed by atoms with Crippen molar-refractivity contribution in [3.05, 3.63) is 18.0 Å². The third-order valence-corrected chi connectivity index (χ3v) is 2.84. The SMILES string of the molecule is CCOC(=O)N1CCN(C(=O)c2cn[nH]c2)CC1. The topological polar surface area (TPSA) is 78.5 Å². The van der Waals surface area contributed by atoms with Crippen molar-refractivity contribution < 1.29 is 14.3 Å². The summed E-state index contributed by atoms with van der Waals surface area (Å²) in [6.07, 6.45) is 2.76. The molecule has 0 bridgehead atoms. The molecule has 0 atom stereocenters. The summed E-state index contributed by atoms with van der Waals surface area (Å²) in [6, 6.07) is 0. The summed E-state index contributed by atoms with van der Waals surface area (Å²) in [6.45, 7) is 4.18. The molecule has 1 aliphatic heterocycles. The molecule has 0 radical (unpaired) electrons. The number of amides is 2. The lowest BCUT2D eigenvalue weighted by Gasteiger charge is -2.33. The summed E-state index contributed by atoms with van der Waals surface area (Å²) in [5.41, 5.74) is 0.541. The molecule has 0 saturated carbocycles. The van der Waals surface area contributed by atoms with Gasteiger partial charge >= 0.3 is 6.09 Å². The van der Waals surface area contributed by atoms with E-state index in [0.717, 1.165) is 0 Å². The van der Waals surface area contributed by atoms with Crippen LogP contribution in [-0.2, 0) is 4.74 Å². The molecule has 18 heavy (non-hydrogen) atoms. The first-order valence-corrected chi connectivity index (χ1v) is 5.92. The molecule has 2 heterocycles. The van der Waals surface area contributed by atoms with Gasteiger partial charge in [-0.3, -0.25) is 9.89 Å². The van der Waals surface area contributed by atoms with Crippen molar-refractivity contribution in [1.82, 2.24) is 20.0 Å². The molecule has 1 aliphatic rings. The predicted octanol–water partition coefficient (Wildman–Crippen LogP) is 0.324. The third-order valence-electron chi connectivity index (χ3n) is 2.84. The van der Waals surface area contributed by atoms with Crippen molar-refractivity contribution in [1.29, 1.82) is 0 Å². The molecule has 2 rings (SSSR count). The zero-order chi connectivity index (χ0) is 13.0. The first kappa shape index (κ1) is 12.4. The molecule has 7 nitrogen and oxygen atoms in total. The van der Waals surface area contributed by atoms with E-state index < -0.39 is 0 Å². The first-order chi connectivity index (χ1) is 8.72. The Labute approximate surface area is 105 Å². The van der Waals surface area contributed by atoms with Gasteiger partial charge in [0.2, 0.25) is 0 Å². The number of carbonyl (C=O) groups excluding carboxylic acids is 2. The largest absolute Gasteiger partial charge is 0.450 e. The highest BCUT2D eigenvalue weighted by molar-refractivity contribution is 5.93. The maximum atomic E-state index is 12.0. The molecule has 0 aromatic carbocycles. The number of nitrogens with one attached hydrogen (secondary N) is 1. The molecule has 1 saturated heterocycles. The first-order valence-electron chi connectivity index (χ1n) is 5.92. The second kappa shape index (κ2) is 5.52. The van der Waals surface area contributed by atoms with Gasteiger partial charge in [0.25, 0.3) is 5.91 Å². The summed E-state index contributed by atoms with van der Waals surface area (Å²) in [5.74, 6) is -0.0627. The van der Waals surface area contributed by atoms with Gasteiger partial charge in [-0.2, -0.15) is 5.10 Å². The number of nitrogens with zero attached hydrogens (tertiary/aromatic N) is 3. The second-order valence-corrected chi connectivity index (χ2v) is 3.97. The number of hydrogen-bond donors (Lipinski definition) is 1. The molecule has 2 amide bonds. The van der Waals surface area contributed by atoms with E-state index in [2.05, 4.69) is 10.2 Å². The van der Waals surface area contributed by atoms with Crippen LogP contribution in [0, 0.1) is 0 Å². The fourth-order valence-electron chi connectivity index (χ4n) is 1.86. The lowest BCUT2D eigenvalue weighted by Crippen LogP contribution is -2.50. The third kappa shape index (κ3) is 2.61. The van der Waals surface area contributed by atoms with Crippen LogP contribution in [0.1, 0.15) is 17.3 Å². The van der Waals surface area contributed by atoms with Gasteiger partial charge in [0.05, 0.1) is 18.4 Å². The number of ether oxygens (including phenoxy) is 1.